The van der Waals surface area contributed by atoms with Gasteiger partial charge in [0.1, 0.15) is 0 Å². The minimum absolute atomic E-state index is 0.102. The van der Waals surface area contributed by atoms with Crippen molar-refractivity contribution in [2.24, 2.45) is 5.92 Å². The van der Waals surface area contributed by atoms with Crippen LogP contribution in [0.25, 0.3) is 0 Å². The van der Waals surface area contributed by atoms with Gasteiger partial charge in [0, 0.05) is 25.2 Å². The average Bonchev–Trinajstić information content (AvgIpc) is 3.06. The van der Waals surface area contributed by atoms with Crippen molar-refractivity contribution in [3.05, 3.63) is 34.9 Å². The number of rotatable bonds is 6. The van der Waals surface area contributed by atoms with E-state index >= 15 is 0 Å². The molecule has 1 heterocycles. The van der Waals surface area contributed by atoms with Gasteiger partial charge in [0.15, 0.2) is 0 Å². The smallest absolute Gasteiger partial charge is 0.416 e. The Morgan fingerprint density at radius 3 is 2.17 bits per heavy atom. The lowest BCUT2D eigenvalue weighted by atomic mass is 10.0. The molecule has 0 aliphatic carbocycles. The van der Waals surface area contributed by atoms with Gasteiger partial charge in [-0.3, -0.25) is 0 Å². The van der Waals surface area contributed by atoms with Gasteiger partial charge >= 0.3 is 18.4 Å². The van der Waals surface area contributed by atoms with E-state index < -0.39 is 29.6 Å². The van der Waals surface area contributed by atoms with Gasteiger partial charge in [-0.15, -0.1) is 0 Å². The SMILES string of the molecule is CC[C@@H]1C[C@H](NCc2cc(C(F)(F)F)cc(C(F)(F)F)c2)CN1C(=O)OCC(C)C. The lowest BCUT2D eigenvalue weighted by molar-refractivity contribution is -0.143. The predicted octanol–water partition coefficient (Wildman–Crippen LogP) is 5.46. The van der Waals surface area contributed by atoms with Crippen molar-refractivity contribution < 1.29 is 35.9 Å². The lowest BCUT2D eigenvalue weighted by Gasteiger charge is -2.23. The largest absolute Gasteiger partial charge is 0.449 e. The van der Waals surface area contributed by atoms with Crippen LogP contribution < -0.4 is 5.32 Å². The Hall–Kier alpha value is -1.97. The molecule has 10 heteroatoms. The second kappa shape index (κ2) is 9.45. The van der Waals surface area contributed by atoms with Crippen LogP contribution in [-0.4, -0.2) is 36.2 Å². The molecule has 1 saturated heterocycles. The Kier molecular flexibility index (Phi) is 7.65. The van der Waals surface area contributed by atoms with Crippen LogP contribution in [0.15, 0.2) is 18.2 Å². The molecular formula is C20H26F6N2O2. The zero-order valence-corrected chi connectivity index (χ0v) is 17.0. The highest BCUT2D eigenvalue weighted by Crippen LogP contribution is 2.36. The molecule has 1 aliphatic heterocycles. The maximum Gasteiger partial charge on any atom is 0.416 e. The van der Waals surface area contributed by atoms with Crippen molar-refractivity contribution in [2.45, 2.75) is 64.6 Å². The van der Waals surface area contributed by atoms with Gasteiger partial charge < -0.3 is 15.0 Å². The first-order valence-electron chi connectivity index (χ1n) is 9.76. The molecule has 1 aromatic rings. The Labute approximate surface area is 171 Å². The van der Waals surface area contributed by atoms with Gasteiger partial charge in [-0.05, 0) is 42.5 Å². The number of halogens is 6. The molecule has 170 valence electrons. The van der Waals surface area contributed by atoms with Crippen molar-refractivity contribution in [3.63, 3.8) is 0 Å². The van der Waals surface area contributed by atoms with E-state index in [0.29, 0.717) is 25.0 Å². The van der Waals surface area contributed by atoms with Crippen molar-refractivity contribution in [3.8, 4) is 0 Å². The minimum atomic E-state index is -4.88. The van der Waals surface area contributed by atoms with E-state index in [0.717, 1.165) is 0 Å². The molecule has 0 aromatic heterocycles. The maximum absolute atomic E-state index is 13.0. The highest BCUT2D eigenvalue weighted by molar-refractivity contribution is 5.68. The van der Waals surface area contributed by atoms with E-state index in [2.05, 4.69) is 5.32 Å². The summed E-state index contributed by atoms with van der Waals surface area (Å²) in [6.45, 7) is 6.09. The molecule has 0 saturated carbocycles. The summed E-state index contributed by atoms with van der Waals surface area (Å²) in [5.74, 6) is 0.175. The molecule has 2 rings (SSSR count). The summed E-state index contributed by atoms with van der Waals surface area (Å²) in [6, 6.07) is 1.17. The van der Waals surface area contributed by atoms with E-state index in [9.17, 15) is 31.1 Å². The molecule has 0 bridgehead atoms. The second-order valence-electron chi connectivity index (χ2n) is 7.91. The third-order valence-corrected chi connectivity index (χ3v) is 4.90. The van der Waals surface area contributed by atoms with E-state index in [4.69, 9.17) is 4.74 Å². The van der Waals surface area contributed by atoms with Gasteiger partial charge in [-0.25, -0.2) is 4.79 Å². The van der Waals surface area contributed by atoms with Gasteiger partial charge in [-0.2, -0.15) is 26.3 Å². The molecule has 2 atom stereocenters. The number of ether oxygens (including phenoxy) is 1. The zero-order valence-electron chi connectivity index (χ0n) is 17.0. The first-order chi connectivity index (χ1) is 13.8. The number of benzene rings is 1. The number of nitrogens with zero attached hydrogens (tertiary/aromatic N) is 1. The summed E-state index contributed by atoms with van der Waals surface area (Å²) in [4.78, 5) is 13.8. The lowest BCUT2D eigenvalue weighted by Crippen LogP contribution is -2.38. The molecule has 1 aromatic carbocycles. The maximum atomic E-state index is 13.0. The third-order valence-electron chi connectivity index (χ3n) is 4.90. The van der Waals surface area contributed by atoms with Gasteiger partial charge in [-0.1, -0.05) is 20.8 Å². The number of likely N-dealkylation sites (tertiary alicyclic amines) is 1. The Bertz CT molecular complexity index is 701. The Morgan fingerprint density at radius 2 is 1.70 bits per heavy atom. The first kappa shape index (κ1) is 24.3. The molecule has 1 aliphatic rings. The fourth-order valence-corrected chi connectivity index (χ4v) is 3.38. The van der Waals surface area contributed by atoms with E-state index in [1.54, 1.807) is 4.90 Å². The van der Waals surface area contributed by atoms with Gasteiger partial charge in [0.2, 0.25) is 0 Å². The molecule has 1 fully saturated rings. The van der Waals surface area contributed by atoms with Crippen LogP contribution in [-0.2, 0) is 23.6 Å². The predicted molar refractivity (Wildman–Crippen MR) is 98.7 cm³/mol. The summed E-state index contributed by atoms with van der Waals surface area (Å²) in [5.41, 5.74) is -2.80. The topological polar surface area (TPSA) is 41.6 Å². The number of carbonyl (C=O) groups excluding carboxylic acids is 1. The van der Waals surface area contributed by atoms with Crippen molar-refractivity contribution in [1.29, 1.82) is 0 Å². The summed E-state index contributed by atoms with van der Waals surface area (Å²) in [7, 11) is 0. The van der Waals surface area contributed by atoms with E-state index in [-0.39, 0.29) is 49.3 Å². The van der Waals surface area contributed by atoms with Crippen LogP contribution in [0.5, 0.6) is 0 Å². The van der Waals surface area contributed by atoms with Crippen LogP contribution in [0.4, 0.5) is 31.1 Å². The van der Waals surface area contributed by atoms with Crippen LogP contribution in [0.1, 0.15) is 50.3 Å². The molecule has 1 amide bonds. The van der Waals surface area contributed by atoms with Crippen LogP contribution in [0.3, 0.4) is 0 Å². The molecule has 0 radical (unpaired) electrons. The second-order valence-corrected chi connectivity index (χ2v) is 7.91. The molecular weight excluding hydrogens is 414 g/mol. The Morgan fingerprint density at radius 1 is 1.13 bits per heavy atom. The normalized spacial score (nSPS) is 20.1. The highest BCUT2D eigenvalue weighted by atomic mass is 19.4. The zero-order chi connectivity index (χ0) is 22.7. The summed E-state index contributed by atoms with van der Waals surface area (Å²) < 4.78 is 83.2. The van der Waals surface area contributed by atoms with E-state index in [1.807, 2.05) is 20.8 Å². The molecule has 1 N–H and O–H groups in total. The summed E-state index contributed by atoms with van der Waals surface area (Å²) in [5, 5.41) is 2.99. The van der Waals surface area contributed by atoms with Crippen molar-refractivity contribution in [2.75, 3.05) is 13.2 Å². The van der Waals surface area contributed by atoms with Crippen molar-refractivity contribution in [1.82, 2.24) is 10.2 Å². The van der Waals surface area contributed by atoms with Crippen LogP contribution >= 0.6 is 0 Å². The number of carbonyl (C=O) groups is 1. The van der Waals surface area contributed by atoms with Gasteiger partial charge in [0.25, 0.3) is 0 Å². The highest BCUT2D eigenvalue weighted by Gasteiger charge is 2.38. The third kappa shape index (κ3) is 6.52. The number of hydrogen-bond donors (Lipinski definition) is 1. The number of alkyl halides is 6. The molecule has 0 unspecified atom stereocenters. The van der Waals surface area contributed by atoms with Crippen LogP contribution in [0, 0.1) is 5.92 Å². The molecule has 30 heavy (non-hydrogen) atoms. The fourth-order valence-electron chi connectivity index (χ4n) is 3.38. The summed E-state index contributed by atoms with van der Waals surface area (Å²) >= 11 is 0. The number of amides is 1. The Balaban J connectivity index is 2.08. The monoisotopic (exact) mass is 440 g/mol. The average molecular weight is 440 g/mol. The summed E-state index contributed by atoms with van der Waals surface area (Å²) in [6.07, 6.45) is -9.02. The molecule has 0 spiro atoms. The van der Waals surface area contributed by atoms with E-state index in [1.165, 1.54) is 0 Å². The minimum Gasteiger partial charge on any atom is -0.449 e. The number of hydrogen-bond acceptors (Lipinski definition) is 3. The quantitative estimate of drug-likeness (QED) is 0.598. The van der Waals surface area contributed by atoms with Crippen LogP contribution in [0.2, 0.25) is 0 Å². The van der Waals surface area contributed by atoms with Crippen molar-refractivity contribution >= 4 is 6.09 Å². The fraction of sp³-hybridized carbons (Fsp3) is 0.650. The standard InChI is InChI=1S/C20H26F6N2O2/c1-4-17-8-16(10-28(17)18(29)30-11-12(2)3)27-9-13-5-14(19(21,22)23)7-15(6-13)20(24,25)26/h5-7,12,16-17,27H,4,8-11H2,1-3H3/t16-,17+/m0/s1. The first-order valence-corrected chi connectivity index (χ1v) is 9.76. The van der Waals surface area contributed by atoms with Gasteiger partial charge in [0.05, 0.1) is 17.7 Å². The molecule has 4 nitrogen and oxygen atoms in total. The number of nitrogens with one attached hydrogen (secondary N) is 1.